The summed E-state index contributed by atoms with van der Waals surface area (Å²) in [6.07, 6.45) is 8.87. The summed E-state index contributed by atoms with van der Waals surface area (Å²) in [6.45, 7) is 1.49. The van der Waals surface area contributed by atoms with Crippen LogP contribution in [0.3, 0.4) is 0 Å². The Balaban J connectivity index is 1.47. The first-order valence-electron chi connectivity index (χ1n) is 20.5. The zero-order valence-corrected chi connectivity index (χ0v) is 33.3. The van der Waals surface area contributed by atoms with Crippen molar-refractivity contribution in [2.75, 3.05) is 26.2 Å². The number of hydrogen-bond donors (Lipinski definition) is 9. The lowest BCUT2D eigenvalue weighted by atomic mass is 9.84. The Kier molecular flexibility index (Phi) is 15.9. The highest BCUT2D eigenvalue weighted by Gasteiger charge is 2.40. The number of rotatable bonds is 11. The molecule has 1 aliphatic carbocycles. The largest absolute Gasteiger partial charge is 0.370 e. The van der Waals surface area contributed by atoms with E-state index < -0.39 is 71.6 Å². The van der Waals surface area contributed by atoms with Gasteiger partial charge in [-0.2, -0.15) is 0 Å². The number of fused-ring (bicyclic) bond motifs is 2. The van der Waals surface area contributed by atoms with Crippen LogP contribution in [0.4, 0.5) is 0 Å². The van der Waals surface area contributed by atoms with Gasteiger partial charge in [0.25, 0.3) is 0 Å². The summed E-state index contributed by atoms with van der Waals surface area (Å²) in [6, 6.07) is 2.46. The minimum atomic E-state index is -1.13. The summed E-state index contributed by atoms with van der Waals surface area (Å²) in [5, 5.41) is 17.6. The first kappa shape index (κ1) is 43.4. The fourth-order valence-corrected chi connectivity index (χ4v) is 8.15. The number of benzene rings is 1. The first-order valence-corrected chi connectivity index (χ1v) is 20.5. The maximum atomic E-state index is 14.4. The standard InChI is InChI=1S/C40H59N11O7/c1-24(52)45-23-34(53)47-30-15-8-17-43-35(54)29(14-7-18-44-40(41)42)48-37(56)32(21-26-22-46-28-13-6-5-12-27(26)28)49-36(55)31(20-25-10-3-2-4-11-25)50-38(57)33-16-9-19-51(33)39(30)58/h5-6,12-13,22,25,29-33,46H,2-4,7-11,14-21,23H2,1H3,(H,43,54)(H,45,52)(H,47,53)(H,48,56)(H,49,55)(H,50,57)(H4,41,42,44)/t29?,30-,31+,32?,33?/m0/s1. The van der Waals surface area contributed by atoms with Crippen LogP contribution in [-0.2, 0) is 40.0 Å². The Hall–Kier alpha value is -5.68. The van der Waals surface area contributed by atoms with E-state index in [0.717, 1.165) is 48.6 Å². The van der Waals surface area contributed by atoms with E-state index in [1.807, 2.05) is 24.3 Å². The second-order valence-corrected chi connectivity index (χ2v) is 15.6. The quantitative estimate of drug-likeness (QED) is 0.0819. The molecule has 18 nitrogen and oxygen atoms in total. The van der Waals surface area contributed by atoms with Crippen LogP contribution in [0, 0.1) is 5.92 Å². The molecule has 2 aliphatic heterocycles. The van der Waals surface area contributed by atoms with Crippen LogP contribution < -0.4 is 43.4 Å². The molecule has 0 bridgehead atoms. The van der Waals surface area contributed by atoms with Gasteiger partial charge < -0.3 is 53.3 Å². The number of carbonyl (C=O) groups excluding carboxylic acids is 7. The van der Waals surface area contributed by atoms with Gasteiger partial charge in [-0.1, -0.05) is 50.3 Å². The zero-order valence-electron chi connectivity index (χ0n) is 33.3. The first-order chi connectivity index (χ1) is 27.9. The molecule has 1 aromatic heterocycles. The SMILES string of the molecule is CC(=O)NCC(=O)N[C@H]1CCCNC(=O)C(CCCN=C(N)N)NC(=O)C(Cc2c[nH]c3ccccc23)NC(=O)[C@@H](CC2CCCCC2)NC(=O)C2CCCN2C1=O. The van der Waals surface area contributed by atoms with Crippen molar-refractivity contribution in [2.24, 2.45) is 22.4 Å². The van der Waals surface area contributed by atoms with Gasteiger partial charge in [-0.25, -0.2) is 0 Å². The topological polar surface area (TPSA) is 275 Å². The van der Waals surface area contributed by atoms with E-state index in [-0.39, 0.29) is 63.7 Å². The highest BCUT2D eigenvalue weighted by Crippen LogP contribution is 2.28. The molecule has 3 fully saturated rings. The fraction of sp³-hybridized carbons (Fsp3) is 0.600. The summed E-state index contributed by atoms with van der Waals surface area (Å²) >= 11 is 0. The minimum Gasteiger partial charge on any atom is -0.370 e. The van der Waals surface area contributed by atoms with Crippen molar-refractivity contribution in [3.63, 3.8) is 0 Å². The van der Waals surface area contributed by atoms with E-state index in [4.69, 9.17) is 11.5 Å². The Bertz CT molecular complexity index is 1820. The molecule has 0 radical (unpaired) electrons. The summed E-state index contributed by atoms with van der Waals surface area (Å²) in [5.41, 5.74) is 12.7. The molecule has 0 spiro atoms. The molecular weight excluding hydrogens is 747 g/mol. The van der Waals surface area contributed by atoms with Gasteiger partial charge in [0.1, 0.15) is 30.2 Å². The van der Waals surface area contributed by atoms with E-state index in [1.165, 1.54) is 11.8 Å². The Morgan fingerprint density at radius 2 is 1.57 bits per heavy atom. The molecule has 5 atom stereocenters. The van der Waals surface area contributed by atoms with Gasteiger partial charge in [-0.15, -0.1) is 0 Å². The van der Waals surface area contributed by atoms with Crippen LogP contribution >= 0.6 is 0 Å². The molecule has 3 unspecified atom stereocenters. The van der Waals surface area contributed by atoms with E-state index in [1.54, 1.807) is 6.20 Å². The molecule has 7 amide bonds. The number of amides is 7. The molecule has 316 valence electrons. The molecule has 1 aromatic carbocycles. The number of aromatic nitrogens is 1. The smallest absolute Gasteiger partial charge is 0.245 e. The Labute approximate surface area is 338 Å². The molecule has 1 saturated carbocycles. The number of aliphatic imine (C=N–C) groups is 1. The van der Waals surface area contributed by atoms with Crippen LogP contribution in [0.2, 0.25) is 0 Å². The number of hydrogen-bond acceptors (Lipinski definition) is 8. The van der Waals surface area contributed by atoms with Gasteiger partial charge in [0.15, 0.2) is 5.96 Å². The number of nitrogens with one attached hydrogen (secondary N) is 7. The molecule has 3 heterocycles. The van der Waals surface area contributed by atoms with Crippen molar-refractivity contribution < 1.29 is 33.6 Å². The van der Waals surface area contributed by atoms with Crippen LogP contribution in [0.25, 0.3) is 10.9 Å². The number of para-hydroxylation sites is 1. The summed E-state index contributed by atoms with van der Waals surface area (Å²) in [4.78, 5) is 104. The van der Waals surface area contributed by atoms with Crippen LogP contribution in [-0.4, -0.2) is 114 Å². The number of guanidine groups is 1. The maximum Gasteiger partial charge on any atom is 0.245 e. The molecule has 2 aromatic rings. The number of carbonyl (C=O) groups is 7. The van der Waals surface area contributed by atoms with Crippen molar-refractivity contribution in [3.8, 4) is 0 Å². The van der Waals surface area contributed by atoms with Gasteiger partial charge in [-0.3, -0.25) is 38.6 Å². The van der Waals surface area contributed by atoms with Crippen molar-refractivity contribution in [1.82, 2.24) is 41.8 Å². The molecule has 3 aliphatic rings. The molecule has 18 heteroatoms. The third-order valence-electron chi connectivity index (χ3n) is 11.2. The van der Waals surface area contributed by atoms with Crippen LogP contribution in [0.1, 0.15) is 89.5 Å². The monoisotopic (exact) mass is 805 g/mol. The average Bonchev–Trinajstić information content (AvgIpc) is 3.86. The molecule has 5 rings (SSSR count). The number of aromatic amines is 1. The minimum absolute atomic E-state index is 0.0900. The van der Waals surface area contributed by atoms with Gasteiger partial charge in [0, 0.05) is 50.1 Å². The number of nitrogens with two attached hydrogens (primary N) is 2. The summed E-state index contributed by atoms with van der Waals surface area (Å²) in [7, 11) is 0. The average molecular weight is 806 g/mol. The van der Waals surface area contributed by atoms with Crippen LogP contribution in [0.15, 0.2) is 35.5 Å². The van der Waals surface area contributed by atoms with E-state index in [0.29, 0.717) is 25.7 Å². The van der Waals surface area contributed by atoms with Crippen molar-refractivity contribution in [1.29, 1.82) is 0 Å². The number of nitrogens with zero attached hydrogens (tertiary/aromatic N) is 2. The Morgan fingerprint density at radius 3 is 2.33 bits per heavy atom. The van der Waals surface area contributed by atoms with Gasteiger partial charge in [0.05, 0.1) is 6.54 Å². The second kappa shape index (κ2) is 21.2. The summed E-state index contributed by atoms with van der Waals surface area (Å²) < 4.78 is 0. The van der Waals surface area contributed by atoms with Crippen molar-refractivity contribution in [3.05, 3.63) is 36.0 Å². The van der Waals surface area contributed by atoms with E-state index in [9.17, 15) is 33.6 Å². The zero-order chi connectivity index (χ0) is 41.6. The highest BCUT2D eigenvalue weighted by atomic mass is 16.2. The predicted octanol–water partition coefficient (Wildman–Crippen LogP) is -0.289. The normalized spacial score (nSPS) is 24.3. The fourth-order valence-electron chi connectivity index (χ4n) is 8.15. The van der Waals surface area contributed by atoms with Gasteiger partial charge in [0.2, 0.25) is 41.4 Å². The molecule has 11 N–H and O–H groups in total. The van der Waals surface area contributed by atoms with Crippen LogP contribution in [0.5, 0.6) is 0 Å². The third kappa shape index (κ3) is 12.4. The lowest BCUT2D eigenvalue weighted by Gasteiger charge is -2.32. The number of H-pyrrole nitrogens is 1. The highest BCUT2D eigenvalue weighted by molar-refractivity contribution is 5.97. The predicted molar refractivity (Wildman–Crippen MR) is 216 cm³/mol. The van der Waals surface area contributed by atoms with Gasteiger partial charge in [-0.05, 0) is 62.5 Å². The summed E-state index contributed by atoms with van der Waals surface area (Å²) in [5.74, 6) is -3.54. The van der Waals surface area contributed by atoms with E-state index >= 15 is 0 Å². The third-order valence-corrected chi connectivity index (χ3v) is 11.2. The van der Waals surface area contributed by atoms with E-state index in [2.05, 4.69) is 41.9 Å². The van der Waals surface area contributed by atoms with Crippen molar-refractivity contribution >= 4 is 58.2 Å². The van der Waals surface area contributed by atoms with Crippen molar-refractivity contribution in [2.45, 2.75) is 121 Å². The molecular formula is C40H59N11O7. The maximum absolute atomic E-state index is 14.4. The second-order valence-electron chi connectivity index (χ2n) is 15.6. The van der Waals surface area contributed by atoms with Gasteiger partial charge >= 0.3 is 0 Å². The molecule has 2 saturated heterocycles. The lowest BCUT2D eigenvalue weighted by Crippen LogP contribution is -2.60. The lowest BCUT2D eigenvalue weighted by molar-refractivity contribution is -0.142. The Morgan fingerprint density at radius 1 is 0.845 bits per heavy atom. The molecule has 58 heavy (non-hydrogen) atoms.